The Labute approximate surface area is 265 Å². The van der Waals surface area contributed by atoms with Crippen LogP contribution < -0.4 is 5.32 Å². The number of β-amino-alcohol motifs (C(OH)–C–C–N with tert-alkyl or cyclic N) is 1. The van der Waals surface area contributed by atoms with Crippen LogP contribution in [0.25, 0.3) is 0 Å². The molecule has 1 aromatic carbocycles. The number of amides is 3. The number of aliphatic hydroxyl groups excluding tert-OH is 1. The third-order valence-corrected chi connectivity index (χ3v) is 9.51. The number of nitrogens with one attached hydrogen (secondary N) is 1. The number of hydrogen-bond donors (Lipinski definition) is 2. The topological polar surface area (TPSA) is 135 Å². The Bertz CT molecular complexity index is 1310. The summed E-state index contributed by atoms with van der Waals surface area (Å²) < 4.78 is 18.7. The van der Waals surface area contributed by atoms with E-state index in [4.69, 9.17) is 14.2 Å². The lowest BCUT2D eigenvalue weighted by atomic mass is 9.74. The van der Waals surface area contributed by atoms with Crippen molar-refractivity contribution in [1.29, 1.82) is 0 Å². The molecule has 7 atom stereocenters. The van der Waals surface area contributed by atoms with Gasteiger partial charge >= 0.3 is 5.97 Å². The number of benzene rings is 1. The number of rotatable bonds is 8. The molecule has 4 aliphatic heterocycles. The first kappa shape index (κ1) is 32.3. The fourth-order valence-electron chi connectivity index (χ4n) is 6.85. The Kier molecular flexibility index (Phi) is 10.2. The van der Waals surface area contributed by atoms with Crippen LogP contribution in [-0.4, -0.2) is 102 Å². The van der Waals surface area contributed by atoms with Crippen molar-refractivity contribution in [3.05, 3.63) is 58.6 Å². The third-order valence-electron chi connectivity index (χ3n) is 8.83. The van der Waals surface area contributed by atoms with Gasteiger partial charge in [-0.3, -0.25) is 19.2 Å². The Balaban J connectivity index is 1.60. The van der Waals surface area contributed by atoms with Gasteiger partial charge in [-0.1, -0.05) is 71.8 Å². The number of carbonyl (C=O) groups is 4. The van der Waals surface area contributed by atoms with E-state index in [1.165, 1.54) is 12.0 Å². The molecule has 0 aromatic heterocycles. The monoisotopic (exact) mass is 673 g/mol. The molecule has 11 nitrogen and oxygen atoms in total. The Morgan fingerprint density at radius 3 is 2.57 bits per heavy atom. The van der Waals surface area contributed by atoms with Crippen molar-refractivity contribution in [3.8, 4) is 0 Å². The fraction of sp³-hybridized carbons (Fsp3) is 0.562. The highest BCUT2D eigenvalue weighted by atomic mass is 79.9. The lowest BCUT2D eigenvalue weighted by Crippen LogP contribution is -2.56. The molecular formula is C32H40BrN3O8. The van der Waals surface area contributed by atoms with Gasteiger partial charge in [-0.05, 0) is 24.5 Å². The molecule has 0 aliphatic carbocycles. The second-order valence-electron chi connectivity index (χ2n) is 11.6. The summed E-state index contributed by atoms with van der Waals surface area (Å²) in [6, 6.07) is 7.28. The quantitative estimate of drug-likeness (QED) is 0.317. The minimum Gasteiger partial charge on any atom is -0.455 e. The average Bonchev–Trinajstić information content (AvgIpc) is 3.60. The van der Waals surface area contributed by atoms with E-state index in [1.54, 1.807) is 23.1 Å². The SMILES string of the molecule is CCCCN1C/C=C\CCC(=O)N[C@H](COC)[C@@H](c2ccccc2)OC(=O)[C@@H]2[C@H]3O[C@@]4(C=C3Br)[C@H](C1=O)N(CCO)C(=O)[C@@H]24. The Morgan fingerprint density at radius 2 is 1.86 bits per heavy atom. The van der Waals surface area contributed by atoms with Crippen LogP contribution in [0.2, 0.25) is 0 Å². The van der Waals surface area contributed by atoms with Gasteiger partial charge in [-0.25, -0.2) is 0 Å². The number of unbranched alkanes of at least 4 members (excludes halogenated alkanes) is 1. The maximum absolute atomic E-state index is 14.3. The summed E-state index contributed by atoms with van der Waals surface area (Å²) in [4.78, 5) is 58.8. The fourth-order valence-corrected chi connectivity index (χ4v) is 7.59. The minimum absolute atomic E-state index is 0.0716. The molecule has 4 aliphatic rings. The number of ether oxygens (including phenoxy) is 3. The molecule has 3 amide bonds. The molecule has 12 heteroatoms. The molecule has 0 saturated carbocycles. The summed E-state index contributed by atoms with van der Waals surface area (Å²) in [6.45, 7) is 2.40. The van der Waals surface area contributed by atoms with Gasteiger partial charge < -0.3 is 34.4 Å². The van der Waals surface area contributed by atoms with Gasteiger partial charge in [0.2, 0.25) is 17.7 Å². The minimum atomic E-state index is -1.42. The van der Waals surface area contributed by atoms with Crippen molar-refractivity contribution < 1.29 is 38.5 Å². The lowest BCUT2D eigenvalue weighted by molar-refractivity contribution is -0.162. The summed E-state index contributed by atoms with van der Waals surface area (Å²) in [5.74, 6) is -3.78. The maximum atomic E-state index is 14.3. The van der Waals surface area contributed by atoms with Crippen LogP contribution in [-0.2, 0) is 33.4 Å². The van der Waals surface area contributed by atoms with Crippen molar-refractivity contribution in [2.45, 2.75) is 62.5 Å². The molecule has 1 aromatic rings. The highest BCUT2D eigenvalue weighted by Gasteiger charge is 2.75. The summed E-state index contributed by atoms with van der Waals surface area (Å²) in [6.07, 6.45) is 5.93. The summed E-state index contributed by atoms with van der Waals surface area (Å²) in [5, 5.41) is 12.9. The van der Waals surface area contributed by atoms with Gasteiger partial charge in [0.25, 0.3) is 0 Å². The number of methoxy groups -OCH3 is 1. The number of fused-ring (bicyclic) bond motifs is 2. The molecule has 238 valence electrons. The molecule has 0 unspecified atom stereocenters. The van der Waals surface area contributed by atoms with E-state index in [1.807, 2.05) is 37.3 Å². The predicted octanol–water partition coefficient (Wildman–Crippen LogP) is 2.25. The zero-order valence-electron chi connectivity index (χ0n) is 25.0. The largest absolute Gasteiger partial charge is 0.455 e. The first-order chi connectivity index (χ1) is 21.3. The van der Waals surface area contributed by atoms with Gasteiger partial charge in [0.05, 0.1) is 25.2 Å². The summed E-state index contributed by atoms with van der Waals surface area (Å²) in [5.41, 5.74) is -0.769. The number of aliphatic hydroxyl groups is 1. The molecule has 5 rings (SSSR count). The second-order valence-corrected chi connectivity index (χ2v) is 12.5. The van der Waals surface area contributed by atoms with E-state index in [-0.39, 0.29) is 44.5 Å². The second kappa shape index (κ2) is 13.9. The summed E-state index contributed by atoms with van der Waals surface area (Å²) in [7, 11) is 1.51. The van der Waals surface area contributed by atoms with Gasteiger partial charge in [-0.15, -0.1) is 0 Å². The number of carbonyl (C=O) groups excluding carboxylic acids is 4. The van der Waals surface area contributed by atoms with Crippen molar-refractivity contribution in [1.82, 2.24) is 15.1 Å². The number of esters is 1. The van der Waals surface area contributed by atoms with Crippen molar-refractivity contribution in [2.75, 3.05) is 40.0 Å². The number of nitrogens with zero attached hydrogens (tertiary/aromatic N) is 2. The Hall–Kier alpha value is -3.06. The number of hydrogen-bond acceptors (Lipinski definition) is 8. The zero-order chi connectivity index (χ0) is 31.4. The molecule has 5 bridgehead atoms. The van der Waals surface area contributed by atoms with Crippen LogP contribution in [0.4, 0.5) is 0 Å². The normalized spacial score (nSPS) is 33.2. The number of cyclic esters (lactones) is 1. The van der Waals surface area contributed by atoms with E-state index in [2.05, 4.69) is 21.2 Å². The van der Waals surface area contributed by atoms with Crippen LogP contribution in [0.15, 0.2) is 53.0 Å². The third kappa shape index (κ3) is 5.96. The molecule has 44 heavy (non-hydrogen) atoms. The number of allylic oxidation sites excluding steroid dienone is 1. The molecular weight excluding hydrogens is 634 g/mol. The van der Waals surface area contributed by atoms with E-state index in [9.17, 15) is 24.3 Å². The van der Waals surface area contributed by atoms with Gasteiger partial charge in [0, 0.05) is 37.6 Å². The van der Waals surface area contributed by atoms with Gasteiger partial charge in [0.1, 0.15) is 29.8 Å². The lowest BCUT2D eigenvalue weighted by Gasteiger charge is -2.35. The number of halogens is 1. The first-order valence-electron chi connectivity index (χ1n) is 15.2. The van der Waals surface area contributed by atoms with E-state index < -0.39 is 53.6 Å². The predicted molar refractivity (Wildman–Crippen MR) is 163 cm³/mol. The van der Waals surface area contributed by atoms with E-state index >= 15 is 0 Å². The van der Waals surface area contributed by atoms with Crippen LogP contribution in [0.5, 0.6) is 0 Å². The first-order valence-corrected chi connectivity index (χ1v) is 16.0. The Morgan fingerprint density at radius 1 is 1.09 bits per heavy atom. The highest BCUT2D eigenvalue weighted by Crippen LogP contribution is 2.59. The van der Waals surface area contributed by atoms with E-state index in [0.717, 1.165) is 12.8 Å². The van der Waals surface area contributed by atoms with Crippen molar-refractivity contribution >= 4 is 39.6 Å². The smallest absolute Gasteiger partial charge is 0.313 e. The van der Waals surface area contributed by atoms with Gasteiger partial charge in [0.15, 0.2) is 0 Å². The van der Waals surface area contributed by atoms with Crippen LogP contribution in [0.1, 0.15) is 44.3 Å². The zero-order valence-corrected chi connectivity index (χ0v) is 26.6. The van der Waals surface area contributed by atoms with Crippen LogP contribution in [0, 0.1) is 11.8 Å². The van der Waals surface area contributed by atoms with Crippen molar-refractivity contribution in [3.63, 3.8) is 0 Å². The molecule has 0 radical (unpaired) electrons. The molecule has 1 spiro atoms. The summed E-state index contributed by atoms with van der Waals surface area (Å²) >= 11 is 3.55. The highest BCUT2D eigenvalue weighted by molar-refractivity contribution is 9.11. The van der Waals surface area contributed by atoms with Gasteiger partial charge in [-0.2, -0.15) is 0 Å². The standard InChI is InChI=1S/C32H40BrN3O8/c1-3-4-14-35-15-10-6-9-13-23(38)34-22(19-42-2)26(20-11-7-5-8-12-20)43-31(41)24-25-29(39)36(16-17-37)28(30(35)40)32(25)18-21(33)27(24)44-32/h5-8,10-12,18,22,24-28,37H,3-4,9,13-17,19H2,1-2H3,(H,34,38)/b10-6-/t22-,24+,25-,26-,27+,28+,32-/m1/s1. The average molecular weight is 675 g/mol. The maximum Gasteiger partial charge on any atom is 0.313 e. The van der Waals surface area contributed by atoms with Crippen LogP contribution >= 0.6 is 15.9 Å². The van der Waals surface area contributed by atoms with Crippen molar-refractivity contribution in [2.24, 2.45) is 11.8 Å². The van der Waals surface area contributed by atoms with Crippen LogP contribution in [0.3, 0.4) is 0 Å². The number of likely N-dealkylation sites (tertiary alicyclic amines) is 1. The molecule has 2 fully saturated rings. The molecule has 2 N–H and O–H groups in total. The molecule has 4 heterocycles. The van der Waals surface area contributed by atoms with E-state index in [0.29, 0.717) is 23.0 Å². The molecule has 2 saturated heterocycles.